The van der Waals surface area contributed by atoms with Crippen molar-refractivity contribution in [3.63, 3.8) is 0 Å². The zero-order valence-corrected chi connectivity index (χ0v) is 12.2. The zero-order chi connectivity index (χ0) is 11.8. The SMILES string of the molecule is CC(C)(CCN)C1(c2cc(Br)cs2)COC1. The van der Waals surface area contributed by atoms with E-state index in [0.29, 0.717) is 0 Å². The molecule has 2 N–H and O–H groups in total. The third-order valence-electron chi connectivity index (χ3n) is 3.80. The predicted molar refractivity (Wildman–Crippen MR) is 72.0 cm³/mol. The lowest BCUT2D eigenvalue weighted by atomic mass is 9.61. The highest BCUT2D eigenvalue weighted by Gasteiger charge is 2.52. The summed E-state index contributed by atoms with van der Waals surface area (Å²) in [4.78, 5) is 1.42. The Balaban J connectivity index is 2.32. The molecule has 0 spiro atoms. The van der Waals surface area contributed by atoms with Gasteiger partial charge in [-0.2, -0.15) is 0 Å². The van der Waals surface area contributed by atoms with Gasteiger partial charge in [-0.25, -0.2) is 0 Å². The quantitative estimate of drug-likeness (QED) is 0.927. The summed E-state index contributed by atoms with van der Waals surface area (Å²) in [7, 11) is 0. The van der Waals surface area contributed by atoms with Gasteiger partial charge in [-0.1, -0.05) is 13.8 Å². The minimum atomic E-state index is 0.170. The maximum atomic E-state index is 5.73. The normalized spacial score (nSPS) is 19.5. The average molecular weight is 304 g/mol. The van der Waals surface area contributed by atoms with Crippen molar-refractivity contribution in [2.24, 2.45) is 11.1 Å². The fraction of sp³-hybridized carbons (Fsp3) is 0.667. The van der Waals surface area contributed by atoms with Gasteiger partial charge in [0.2, 0.25) is 0 Å². The predicted octanol–water partition coefficient (Wildman–Crippen LogP) is 3.15. The number of ether oxygens (including phenoxy) is 1. The van der Waals surface area contributed by atoms with Crippen molar-refractivity contribution >= 4 is 27.3 Å². The molecule has 0 amide bonds. The Morgan fingerprint density at radius 2 is 2.25 bits per heavy atom. The summed E-state index contributed by atoms with van der Waals surface area (Å²) < 4.78 is 6.65. The van der Waals surface area contributed by atoms with Crippen LogP contribution in [0.25, 0.3) is 0 Å². The summed E-state index contributed by atoms with van der Waals surface area (Å²) in [5.41, 5.74) is 6.10. The zero-order valence-electron chi connectivity index (χ0n) is 9.75. The second-order valence-electron chi connectivity index (χ2n) is 5.13. The molecule has 1 fully saturated rings. The number of hydrogen-bond donors (Lipinski definition) is 1. The summed E-state index contributed by atoms with van der Waals surface area (Å²) >= 11 is 5.35. The van der Waals surface area contributed by atoms with Gasteiger partial charge >= 0.3 is 0 Å². The highest BCUT2D eigenvalue weighted by Crippen LogP contribution is 2.51. The van der Waals surface area contributed by atoms with Crippen molar-refractivity contribution in [1.29, 1.82) is 0 Å². The lowest BCUT2D eigenvalue weighted by Crippen LogP contribution is -2.56. The largest absolute Gasteiger partial charge is 0.379 e. The molecule has 0 saturated carbocycles. The molecule has 2 nitrogen and oxygen atoms in total. The second-order valence-corrected chi connectivity index (χ2v) is 6.95. The Bertz CT molecular complexity index is 371. The first-order valence-corrected chi connectivity index (χ1v) is 7.21. The third kappa shape index (κ3) is 1.86. The van der Waals surface area contributed by atoms with Crippen LogP contribution in [0.2, 0.25) is 0 Å². The first-order chi connectivity index (χ1) is 7.52. The maximum absolute atomic E-state index is 5.73. The summed E-state index contributed by atoms with van der Waals surface area (Å²) in [6.07, 6.45) is 1.03. The topological polar surface area (TPSA) is 35.2 Å². The molecule has 16 heavy (non-hydrogen) atoms. The average Bonchev–Trinajstić information content (AvgIpc) is 2.49. The van der Waals surface area contributed by atoms with E-state index in [1.165, 1.54) is 9.35 Å². The number of hydrogen-bond acceptors (Lipinski definition) is 3. The standard InChI is InChI=1S/C12H18BrNOS/c1-11(2,3-4-14)12(7-15-8-12)10-5-9(13)6-16-10/h5-6H,3-4,7-8,14H2,1-2H3. The van der Waals surface area contributed by atoms with Gasteiger partial charge in [0.05, 0.1) is 18.6 Å². The van der Waals surface area contributed by atoms with Gasteiger partial charge in [-0.3, -0.25) is 0 Å². The number of halogens is 1. The van der Waals surface area contributed by atoms with Gasteiger partial charge in [0.1, 0.15) is 0 Å². The lowest BCUT2D eigenvalue weighted by molar-refractivity contribution is -0.119. The van der Waals surface area contributed by atoms with E-state index in [1.54, 1.807) is 0 Å². The van der Waals surface area contributed by atoms with Crippen molar-refractivity contribution in [1.82, 2.24) is 0 Å². The Morgan fingerprint density at radius 1 is 1.56 bits per heavy atom. The highest BCUT2D eigenvalue weighted by atomic mass is 79.9. The van der Waals surface area contributed by atoms with Crippen LogP contribution in [-0.4, -0.2) is 19.8 Å². The molecule has 4 heteroatoms. The molecular formula is C12H18BrNOS. The van der Waals surface area contributed by atoms with E-state index in [4.69, 9.17) is 10.5 Å². The fourth-order valence-corrected chi connectivity index (χ4v) is 4.12. The van der Waals surface area contributed by atoms with Crippen LogP contribution in [0.1, 0.15) is 25.1 Å². The minimum Gasteiger partial charge on any atom is -0.379 e. The van der Waals surface area contributed by atoms with Crippen molar-refractivity contribution < 1.29 is 4.74 Å². The number of thiophene rings is 1. The van der Waals surface area contributed by atoms with Gasteiger partial charge < -0.3 is 10.5 Å². The minimum absolute atomic E-state index is 0.170. The van der Waals surface area contributed by atoms with Crippen LogP contribution in [0.3, 0.4) is 0 Å². The van der Waals surface area contributed by atoms with Crippen molar-refractivity contribution in [2.45, 2.75) is 25.7 Å². The van der Waals surface area contributed by atoms with E-state index in [2.05, 4.69) is 41.2 Å². The Hall–Kier alpha value is 0.1000. The van der Waals surface area contributed by atoms with Gasteiger partial charge in [0, 0.05) is 14.7 Å². The van der Waals surface area contributed by atoms with Gasteiger partial charge in [-0.05, 0) is 40.4 Å². The van der Waals surface area contributed by atoms with Crippen molar-refractivity contribution in [3.8, 4) is 0 Å². The van der Waals surface area contributed by atoms with Crippen LogP contribution in [0.15, 0.2) is 15.9 Å². The third-order valence-corrected chi connectivity index (χ3v) is 5.70. The molecular weight excluding hydrogens is 286 g/mol. The van der Waals surface area contributed by atoms with Crippen LogP contribution in [0.5, 0.6) is 0 Å². The van der Waals surface area contributed by atoms with E-state index in [1.807, 2.05) is 11.3 Å². The first kappa shape index (κ1) is 12.6. The smallest absolute Gasteiger partial charge is 0.0598 e. The summed E-state index contributed by atoms with van der Waals surface area (Å²) in [6, 6.07) is 2.23. The van der Waals surface area contributed by atoms with Crippen LogP contribution < -0.4 is 5.73 Å². The monoisotopic (exact) mass is 303 g/mol. The van der Waals surface area contributed by atoms with Crippen LogP contribution >= 0.6 is 27.3 Å². The molecule has 0 atom stereocenters. The van der Waals surface area contributed by atoms with E-state index in [9.17, 15) is 0 Å². The molecule has 1 aromatic heterocycles. The molecule has 1 saturated heterocycles. The van der Waals surface area contributed by atoms with E-state index < -0.39 is 0 Å². The molecule has 2 heterocycles. The van der Waals surface area contributed by atoms with Crippen LogP contribution in [-0.2, 0) is 10.2 Å². The van der Waals surface area contributed by atoms with Crippen molar-refractivity contribution in [3.05, 3.63) is 20.8 Å². The highest BCUT2D eigenvalue weighted by molar-refractivity contribution is 9.10. The lowest BCUT2D eigenvalue weighted by Gasteiger charge is -2.52. The Morgan fingerprint density at radius 3 is 2.62 bits per heavy atom. The van der Waals surface area contributed by atoms with E-state index in [-0.39, 0.29) is 10.8 Å². The van der Waals surface area contributed by atoms with E-state index >= 15 is 0 Å². The summed E-state index contributed by atoms with van der Waals surface area (Å²) in [5, 5.41) is 2.15. The molecule has 0 aromatic carbocycles. The molecule has 2 rings (SSSR count). The molecule has 0 bridgehead atoms. The summed E-state index contributed by atoms with van der Waals surface area (Å²) in [5.74, 6) is 0. The van der Waals surface area contributed by atoms with Gasteiger partial charge in [-0.15, -0.1) is 11.3 Å². The number of rotatable bonds is 4. The maximum Gasteiger partial charge on any atom is 0.0598 e. The van der Waals surface area contributed by atoms with Crippen molar-refractivity contribution in [2.75, 3.05) is 19.8 Å². The molecule has 1 aromatic rings. The molecule has 1 aliphatic rings. The number of nitrogens with two attached hydrogens (primary N) is 1. The fourth-order valence-electron chi connectivity index (χ4n) is 2.34. The molecule has 0 aliphatic carbocycles. The van der Waals surface area contributed by atoms with Crippen LogP contribution in [0.4, 0.5) is 0 Å². The molecule has 1 aliphatic heterocycles. The van der Waals surface area contributed by atoms with Crippen LogP contribution in [0, 0.1) is 5.41 Å². The second kappa shape index (κ2) is 4.41. The molecule has 0 unspecified atom stereocenters. The summed E-state index contributed by atoms with van der Waals surface area (Å²) in [6.45, 7) is 6.99. The molecule has 90 valence electrons. The molecule has 0 radical (unpaired) electrons. The Labute approximate surface area is 109 Å². The van der Waals surface area contributed by atoms with Gasteiger partial charge in [0.25, 0.3) is 0 Å². The van der Waals surface area contributed by atoms with E-state index in [0.717, 1.165) is 26.2 Å². The van der Waals surface area contributed by atoms with Gasteiger partial charge in [0.15, 0.2) is 0 Å². The first-order valence-electron chi connectivity index (χ1n) is 5.54. The Kier molecular flexibility index (Phi) is 3.46.